The molecule has 6 rings (SSSR count). The number of hydrogen-bond donors (Lipinski definition) is 0. The summed E-state index contributed by atoms with van der Waals surface area (Å²) in [4.78, 5) is 0. The summed E-state index contributed by atoms with van der Waals surface area (Å²) in [5.74, 6) is 7.09. The molecule has 35 heavy (non-hydrogen) atoms. The molecule has 0 bridgehead atoms. The molecule has 0 amide bonds. The fourth-order valence-electron chi connectivity index (χ4n) is 4.97. The maximum absolute atomic E-state index is 2.57. The first-order valence-corrected chi connectivity index (χ1v) is 14.1. The van der Waals surface area contributed by atoms with E-state index in [1.165, 1.54) is 35.6 Å². The van der Waals surface area contributed by atoms with Crippen molar-refractivity contribution >= 4 is 8.07 Å². The van der Waals surface area contributed by atoms with E-state index in [1.807, 2.05) is 32.1 Å². The van der Waals surface area contributed by atoms with Gasteiger partial charge in [-0.2, -0.15) is 0 Å². The van der Waals surface area contributed by atoms with E-state index in [4.69, 9.17) is 0 Å². The Labute approximate surface area is 252 Å². The fraction of sp³-hybridized carbons (Fsp3) is 0.0968. The van der Waals surface area contributed by atoms with Crippen LogP contribution in [0.5, 0.6) is 0 Å². The van der Waals surface area contributed by atoms with Crippen LogP contribution in [0.4, 0.5) is 0 Å². The van der Waals surface area contributed by atoms with E-state index in [9.17, 15) is 0 Å². The monoisotopic (exact) mass is 498 g/mol. The van der Waals surface area contributed by atoms with Gasteiger partial charge in [0.25, 0.3) is 0 Å². The van der Waals surface area contributed by atoms with Crippen LogP contribution in [-0.4, -0.2) is 8.07 Å². The molecule has 4 saturated carbocycles. The molecule has 4 fully saturated rings. The molecule has 6 aliphatic carbocycles. The second-order valence-electron chi connectivity index (χ2n) is 8.76. The van der Waals surface area contributed by atoms with Crippen LogP contribution in [0.3, 0.4) is 0 Å². The smallest absolute Gasteiger partial charge is 0.0762 e. The van der Waals surface area contributed by atoms with Crippen LogP contribution < -0.4 is 37.7 Å². The Bertz CT molecular complexity index is 683. The second kappa shape index (κ2) is 15.5. The van der Waals surface area contributed by atoms with Crippen LogP contribution in [0, 0.1) is 124 Å². The third-order valence-corrected chi connectivity index (χ3v) is 11.3. The molecule has 0 unspecified atom stereocenters. The SMILES string of the molecule is C[Si](CC[C]1[CH][CH][CH][CH]1)([C]1[CH][CH][C]2C=CC=C[C]21)[C]1[CH][CH][C]2C=CC=C[C]21.[CH]1[CH][CH][CH][CH]1.[Fe+2].[Li+].[Li+]. The van der Waals surface area contributed by atoms with Crippen molar-refractivity contribution in [3.63, 3.8) is 0 Å². The molecule has 0 N–H and O–H groups in total. The zero-order valence-electron chi connectivity index (χ0n) is 20.9. The molecule has 6 aliphatic rings. The van der Waals surface area contributed by atoms with Gasteiger partial charge in [-0.1, -0.05) is 61.2 Å². The zero-order valence-corrected chi connectivity index (χ0v) is 23.0. The minimum Gasteiger partial charge on any atom is -0.0762 e. The Morgan fingerprint density at radius 1 is 0.543 bits per heavy atom. The average molecular weight is 498 g/mol. The zero-order chi connectivity index (χ0) is 21.8. The van der Waals surface area contributed by atoms with Crippen molar-refractivity contribution in [2.45, 2.75) is 19.0 Å². The molecule has 0 atom stereocenters. The molecule has 0 heterocycles. The van der Waals surface area contributed by atoms with Crippen LogP contribution >= 0.6 is 0 Å². The molecule has 20 radical (unpaired) electrons. The van der Waals surface area contributed by atoms with E-state index in [2.05, 4.69) is 107 Å². The normalized spacial score (nSPS) is 25.5. The van der Waals surface area contributed by atoms with Gasteiger partial charge in [-0.25, -0.2) is 0 Å². The molecular formula is C31H28FeLi2Si+4. The van der Waals surface area contributed by atoms with Gasteiger partial charge >= 0.3 is 54.8 Å². The molecule has 0 spiro atoms. The van der Waals surface area contributed by atoms with Crippen molar-refractivity contribution in [3.05, 3.63) is 173 Å². The van der Waals surface area contributed by atoms with Gasteiger partial charge in [-0.05, 0) is 107 Å². The molecule has 0 aliphatic heterocycles. The van der Waals surface area contributed by atoms with Crippen molar-refractivity contribution in [2.75, 3.05) is 0 Å². The van der Waals surface area contributed by atoms with Gasteiger partial charge in [-0.3, -0.25) is 0 Å². The summed E-state index contributed by atoms with van der Waals surface area (Å²) in [5.41, 5.74) is 3.17. The van der Waals surface area contributed by atoms with Gasteiger partial charge < -0.3 is 0 Å². The Balaban J connectivity index is 0.000000485. The van der Waals surface area contributed by atoms with E-state index in [-0.39, 0.29) is 54.8 Å². The van der Waals surface area contributed by atoms with Crippen LogP contribution in [0.1, 0.15) is 6.42 Å². The number of hydrogen-bond acceptors (Lipinski definition) is 0. The predicted molar refractivity (Wildman–Crippen MR) is 136 cm³/mol. The average Bonchev–Trinajstić information content (AvgIpc) is 3.65. The third kappa shape index (κ3) is 7.51. The van der Waals surface area contributed by atoms with Gasteiger partial charge in [0.05, 0.1) is 8.07 Å². The van der Waals surface area contributed by atoms with Crippen molar-refractivity contribution in [1.29, 1.82) is 0 Å². The Morgan fingerprint density at radius 3 is 1.43 bits per heavy atom. The minimum atomic E-state index is -1.88. The first-order chi connectivity index (χ1) is 15.8. The van der Waals surface area contributed by atoms with E-state index in [0.717, 1.165) is 6.42 Å². The maximum Gasteiger partial charge on any atom is 2.00 e. The number of rotatable bonds is 5. The summed E-state index contributed by atoms with van der Waals surface area (Å²) in [6.45, 7) is 2.57. The second-order valence-corrected chi connectivity index (χ2v) is 13.0. The molecular weight excluding hydrogens is 470 g/mol. The van der Waals surface area contributed by atoms with E-state index >= 15 is 0 Å². The molecule has 0 aromatic rings. The molecule has 0 aromatic carbocycles. The largest absolute Gasteiger partial charge is 2.00 e. The summed E-state index contributed by atoms with van der Waals surface area (Å²) in [5, 5.41) is 0. The van der Waals surface area contributed by atoms with Crippen molar-refractivity contribution in [3.8, 4) is 0 Å². The van der Waals surface area contributed by atoms with E-state index in [0.29, 0.717) is 0 Å². The van der Waals surface area contributed by atoms with Crippen molar-refractivity contribution in [1.82, 2.24) is 0 Å². The van der Waals surface area contributed by atoms with Gasteiger partial charge in [-0.15, -0.1) is 0 Å². The molecule has 162 valence electrons. The van der Waals surface area contributed by atoms with Gasteiger partial charge in [0.1, 0.15) is 0 Å². The summed E-state index contributed by atoms with van der Waals surface area (Å²) >= 11 is 0. The van der Waals surface area contributed by atoms with Crippen molar-refractivity contribution < 1.29 is 54.8 Å². The molecule has 0 aromatic heterocycles. The van der Waals surface area contributed by atoms with Crippen LogP contribution in [0.25, 0.3) is 0 Å². The predicted octanol–water partition coefficient (Wildman–Crippen LogP) is 0.509. The summed E-state index contributed by atoms with van der Waals surface area (Å²) in [6.07, 6.45) is 47.2. The van der Waals surface area contributed by atoms with Crippen LogP contribution in [0.15, 0.2) is 48.6 Å². The van der Waals surface area contributed by atoms with E-state index in [1.54, 1.807) is 11.1 Å². The fourth-order valence-corrected chi connectivity index (χ4v) is 9.14. The maximum atomic E-state index is 2.57. The van der Waals surface area contributed by atoms with Crippen molar-refractivity contribution in [2.24, 2.45) is 0 Å². The molecule has 4 heteroatoms. The standard InChI is InChI=1S/C26H23Si.C5H5.Fe.2Li/c1-27(19-18-20-8-2-3-9-20,25-16-14-21-10-4-6-12-23(21)25)26-17-15-22-11-5-7-13-24(22)26;1-2-4-5-3-1;;;/h2-17H,18-19H2,1H3;1-5H;;;/q;;+2;2*+1. The molecule has 0 saturated heterocycles. The summed E-state index contributed by atoms with van der Waals surface area (Å²) in [7, 11) is -1.88. The number of fused-ring (bicyclic) bond motifs is 2. The minimum absolute atomic E-state index is 0. The quantitative estimate of drug-likeness (QED) is 0.485. The summed E-state index contributed by atoms with van der Waals surface area (Å²) < 4.78 is 0. The van der Waals surface area contributed by atoms with Gasteiger partial charge in [0, 0.05) is 23.7 Å². The topological polar surface area (TPSA) is 0 Å². The van der Waals surface area contributed by atoms with E-state index < -0.39 is 8.07 Å². The third-order valence-electron chi connectivity index (χ3n) is 6.75. The Hall–Kier alpha value is 0.891. The van der Waals surface area contributed by atoms with Gasteiger partial charge in [0.15, 0.2) is 0 Å². The summed E-state index contributed by atoms with van der Waals surface area (Å²) in [6, 6.07) is 1.24. The van der Waals surface area contributed by atoms with Crippen LogP contribution in [-0.2, 0) is 17.1 Å². The Kier molecular flexibility index (Phi) is 14.2. The first kappa shape index (κ1) is 32.1. The number of allylic oxidation sites excluding steroid dienone is 8. The Morgan fingerprint density at radius 2 is 0.971 bits per heavy atom. The van der Waals surface area contributed by atoms with Gasteiger partial charge in [0.2, 0.25) is 0 Å². The molecule has 0 nitrogen and oxygen atoms in total. The first-order valence-electron chi connectivity index (χ1n) is 11.4. The van der Waals surface area contributed by atoms with Crippen LogP contribution in [0.2, 0.25) is 12.6 Å².